The Morgan fingerprint density at radius 2 is 2.21 bits per heavy atom. The first kappa shape index (κ1) is 14.4. The Labute approximate surface area is 126 Å². The fourth-order valence-corrected chi connectivity index (χ4v) is 3.68. The van der Waals surface area contributed by atoms with Crippen LogP contribution in [0.25, 0.3) is 0 Å². The average Bonchev–Trinajstić information content (AvgIpc) is 2.83. The summed E-state index contributed by atoms with van der Waals surface area (Å²) in [6.45, 7) is 5.05. The van der Waals surface area contributed by atoms with Gasteiger partial charge in [0.2, 0.25) is 0 Å². The number of rotatable bonds is 4. The van der Waals surface area contributed by atoms with E-state index in [-0.39, 0.29) is 0 Å². The van der Waals surface area contributed by atoms with Crippen LogP contribution in [0.4, 0.5) is 11.5 Å². The molecule has 0 atom stereocenters. The second-order valence-electron chi connectivity index (χ2n) is 4.99. The monoisotopic (exact) mass is 342 g/mol. The lowest BCUT2D eigenvalue weighted by molar-refractivity contribution is 0.699. The third kappa shape index (κ3) is 2.95. The summed E-state index contributed by atoms with van der Waals surface area (Å²) in [5.74, 6) is 1.32. The average molecular weight is 343 g/mol. The highest BCUT2D eigenvalue weighted by Gasteiger charge is 2.19. The number of anilines is 2. The zero-order valence-corrected chi connectivity index (χ0v) is 14.0. The highest BCUT2D eigenvalue weighted by atomic mass is 79.9. The van der Waals surface area contributed by atoms with Crippen LogP contribution in [0.15, 0.2) is 15.9 Å². The van der Waals surface area contributed by atoms with Gasteiger partial charge in [-0.2, -0.15) is 5.10 Å². The van der Waals surface area contributed by atoms with Crippen LogP contribution in [0.1, 0.15) is 30.3 Å². The second kappa shape index (κ2) is 5.54. The number of nitrogen functional groups attached to an aromatic ring is 1. The van der Waals surface area contributed by atoms with Crippen molar-refractivity contribution >= 4 is 38.8 Å². The molecule has 6 heteroatoms. The summed E-state index contributed by atoms with van der Waals surface area (Å²) < 4.78 is 2.99. The van der Waals surface area contributed by atoms with Crippen molar-refractivity contribution in [3.63, 3.8) is 0 Å². The molecule has 2 rings (SSSR count). The normalized spacial score (nSPS) is 11.3. The SMILES string of the molecule is CC(C)c1nn(C)c(N(C)Cc2cc(Br)cs2)c1N. The first-order valence-electron chi connectivity index (χ1n) is 6.16. The van der Waals surface area contributed by atoms with Crippen molar-refractivity contribution < 1.29 is 0 Å². The summed E-state index contributed by atoms with van der Waals surface area (Å²) in [5, 5.41) is 6.61. The lowest BCUT2D eigenvalue weighted by atomic mass is 10.1. The quantitative estimate of drug-likeness (QED) is 0.923. The summed E-state index contributed by atoms with van der Waals surface area (Å²) in [6, 6.07) is 2.14. The van der Waals surface area contributed by atoms with Crippen molar-refractivity contribution in [3.8, 4) is 0 Å². The minimum absolute atomic E-state index is 0.337. The summed E-state index contributed by atoms with van der Waals surface area (Å²) in [4.78, 5) is 3.44. The zero-order chi connectivity index (χ0) is 14.2. The maximum atomic E-state index is 6.23. The van der Waals surface area contributed by atoms with Crippen LogP contribution in [0, 0.1) is 0 Å². The van der Waals surface area contributed by atoms with Crippen LogP contribution in [-0.2, 0) is 13.6 Å². The molecule has 0 spiro atoms. The molecule has 0 bridgehead atoms. The molecule has 4 nitrogen and oxygen atoms in total. The van der Waals surface area contributed by atoms with Crippen molar-refractivity contribution in [2.24, 2.45) is 7.05 Å². The van der Waals surface area contributed by atoms with Crippen LogP contribution < -0.4 is 10.6 Å². The van der Waals surface area contributed by atoms with Gasteiger partial charge in [0, 0.05) is 28.8 Å². The lowest BCUT2D eigenvalue weighted by Gasteiger charge is -2.19. The molecule has 2 aromatic rings. The molecule has 104 valence electrons. The Bertz CT molecular complexity index is 573. The van der Waals surface area contributed by atoms with Gasteiger partial charge in [-0.15, -0.1) is 11.3 Å². The molecule has 0 aromatic carbocycles. The molecule has 0 saturated carbocycles. The molecular weight excluding hydrogens is 324 g/mol. The fourth-order valence-electron chi connectivity index (χ4n) is 2.18. The smallest absolute Gasteiger partial charge is 0.150 e. The van der Waals surface area contributed by atoms with Crippen molar-refractivity contribution in [1.29, 1.82) is 0 Å². The van der Waals surface area contributed by atoms with Gasteiger partial charge in [-0.3, -0.25) is 4.68 Å². The molecule has 0 radical (unpaired) electrons. The van der Waals surface area contributed by atoms with Crippen LogP contribution in [0.5, 0.6) is 0 Å². The summed E-state index contributed by atoms with van der Waals surface area (Å²) in [5.41, 5.74) is 7.99. The van der Waals surface area contributed by atoms with Gasteiger partial charge in [-0.25, -0.2) is 0 Å². The molecule has 2 aromatic heterocycles. The molecule has 0 aliphatic carbocycles. The molecule has 0 saturated heterocycles. The maximum Gasteiger partial charge on any atom is 0.150 e. The third-order valence-corrected chi connectivity index (χ3v) is 4.69. The van der Waals surface area contributed by atoms with E-state index in [0.717, 1.165) is 28.2 Å². The highest BCUT2D eigenvalue weighted by Crippen LogP contribution is 2.31. The van der Waals surface area contributed by atoms with E-state index in [4.69, 9.17) is 5.73 Å². The van der Waals surface area contributed by atoms with Crippen LogP contribution in [-0.4, -0.2) is 16.8 Å². The van der Waals surface area contributed by atoms with Crippen molar-refractivity contribution in [1.82, 2.24) is 9.78 Å². The number of halogens is 1. The van der Waals surface area contributed by atoms with E-state index >= 15 is 0 Å². The largest absolute Gasteiger partial charge is 0.394 e. The number of hydrogen-bond donors (Lipinski definition) is 1. The van der Waals surface area contributed by atoms with Gasteiger partial charge in [0.05, 0.1) is 17.9 Å². The van der Waals surface area contributed by atoms with Crippen molar-refractivity contribution in [2.75, 3.05) is 17.7 Å². The topological polar surface area (TPSA) is 47.1 Å². The minimum Gasteiger partial charge on any atom is -0.394 e. The van der Waals surface area contributed by atoms with Gasteiger partial charge in [0.1, 0.15) is 5.82 Å². The van der Waals surface area contributed by atoms with Gasteiger partial charge >= 0.3 is 0 Å². The molecule has 0 unspecified atom stereocenters. The molecule has 19 heavy (non-hydrogen) atoms. The van der Waals surface area contributed by atoms with E-state index in [9.17, 15) is 0 Å². The molecule has 0 amide bonds. The summed E-state index contributed by atoms with van der Waals surface area (Å²) >= 11 is 5.22. The molecule has 2 heterocycles. The van der Waals surface area contributed by atoms with Gasteiger partial charge in [0.25, 0.3) is 0 Å². The van der Waals surface area contributed by atoms with E-state index < -0.39 is 0 Å². The van der Waals surface area contributed by atoms with E-state index in [1.807, 2.05) is 18.8 Å². The maximum absolute atomic E-state index is 6.23. The van der Waals surface area contributed by atoms with Crippen LogP contribution in [0.2, 0.25) is 0 Å². The number of nitrogens with two attached hydrogens (primary N) is 1. The first-order chi connectivity index (χ1) is 8.90. The van der Waals surface area contributed by atoms with E-state index in [1.54, 1.807) is 11.3 Å². The Morgan fingerprint density at radius 1 is 1.53 bits per heavy atom. The van der Waals surface area contributed by atoms with Crippen molar-refractivity contribution in [2.45, 2.75) is 26.3 Å². The Morgan fingerprint density at radius 3 is 2.68 bits per heavy atom. The molecule has 0 aliphatic rings. The molecule has 2 N–H and O–H groups in total. The summed E-state index contributed by atoms with van der Waals surface area (Å²) in [7, 11) is 3.99. The Kier molecular flexibility index (Phi) is 4.20. The standard InChI is InChI=1S/C13H19BrN4S/c1-8(2)12-11(15)13(18(4)16-12)17(3)6-10-5-9(14)7-19-10/h5,7-8H,6,15H2,1-4H3. The van der Waals surface area contributed by atoms with Gasteiger partial charge in [0.15, 0.2) is 0 Å². The minimum atomic E-state index is 0.337. The number of nitrogens with zero attached hydrogens (tertiary/aromatic N) is 3. The highest BCUT2D eigenvalue weighted by molar-refractivity contribution is 9.10. The van der Waals surface area contributed by atoms with Crippen LogP contribution in [0.3, 0.4) is 0 Å². The van der Waals surface area contributed by atoms with E-state index in [2.05, 4.69) is 51.2 Å². The van der Waals surface area contributed by atoms with Gasteiger partial charge in [-0.05, 0) is 27.9 Å². The number of aryl methyl sites for hydroxylation is 1. The second-order valence-corrected chi connectivity index (χ2v) is 6.90. The fraction of sp³-hybridized carbons (Fsp3) is 0.462. The Hall–Kier alpha value is -1.01. The van der Waals surface area contributed by atoms with Crippen LogP contribution >= 0.6 is 27.3 Å². The predicted molar refractivity (Wildman–Crippen MR) is 85.8 cm³/mol. The number of aromatic nitrogens is 2. The molecule has 0 fully saturated rings. The lowest BCUT2D eigenvalue weighted by Crippen LogP contribution is -2.19. The summed E-state index contributed by atoms with van der Waals surface area (Å²) in [6.07, 6.45) is 0. The third-order valence-electron chi connectivity index (χ3n) is 3.00. The van der Waals surface area contributed by atoms with E-state index in [1.165, 1.54) is 4.88 Å². The number of hydrogen-bond acceptors (Lipinski definition) is 4. The molecule has 0 aliphatic heterocycles. The Balaban J connectivity index is 2.26. The number of thiophene rings is 1. The predicted octanol–water partition coefficient (Wildman–Crippen LogP) is 3.59. The van der Waals surface area contributed by atoms with Crippen molar-refractivity contribution in [3.05, 3.63) is 26.5 Å². The first-order valence-corrected chi connectivity index (χ1v) is 7.83. The molecular formula is C13H19BrN4S. The zero-order valence-electron chi connectivity index (χ0n) is 11.6. The van der Waals surface area contributed by atoms with Gasteiger partial charge in [-0.1, -0.05) is 13.8 Å². The van der Waals surface area contributed by atoms with Gasteiger partial charge < -0.3 is 10.6 Å². The van der Waals surface area contributed by atoms with E-state index in [0.29, 0.717) is 5.92 Å².